The van der Waals surface area contributed by atoms with Crippen molar-refractivity contribution in [2.45, 2.75) is 301 Å². The fourth-order valence-corrected chi connectivity index (χ4v) is 9.65. The van der Waals surface area contributed by atoms with Crippen molar-refractivity contribution < 1.29 is 39.8 Å². The summed E-state index contributed by atoms with van der Waals surface area (Å²) in [5, 5.41) is 54.6. The molecule has 472 valence electrons. The van der Waals surface area contributed by atoms with Crippen LogP contribution in [-0.2, 0) is 14.3 Å². The van der Waals surface area contributed by atoms with Crippen molar-refractivity contribution in [3.63, 3.8) is 0 Å². The molecule has 0 aromatic rings. The first-order chi connectivity index (χ1) is 40.8. The molecular formula is C74H123NO8. The SMILES string of the molecule is CC/C=C\C/C=C\C/C=C\C/C=C\C/C=C\C/C=C\C/C=C\C/C=C\C/C=C\CCCCCCCCCCCCCCCC(=O)NC(COC1OC(CO)C(O)C(O)C1O)C(O)/C=C/CC/C=C/CC/C=C/CCCCCCCCCCC. The standard InChI is InChI=1S/C74H123NO8/c1-3-5-7-9-11-13-15-17-19-21-23-24-25-26-27-28-29-30-31-32-33-34-35-36-37-38-39-40-41-42-43-44-46-48-50-52-54-56-58-60-62-64-70(78)75-67(66-82-74-73(81)72(80)71(79)69(65-76)83-74)68(77)63-61-59-57-55-53-51-49-47-45-22-20-18-16-14-12-10-8-6-4-2/h5,7,11,13,17,19,23-24,26-27,29-30,32-33,35-36,38-39,45,47,53,55,61,63,67-69,71-74,76-77,79-81H,3-4,6,8-10,12,14-16,18,20-22,25,28,31,34,37,40-44,46,48-52,54,56-60,62,64-66H2,1-2H3,(H,75,78)/b7-5-,13-11-,19-17-,24-23-,27-26-,30-29-,33-32-,36-35-,39-38-,47-45+,55-53+,63-61+. The highest BCUT2D eigenvalue weighted by atomic mass is 16.7. The van der Waals surface area contributed by atoms with Crippen LogP contribution in [0.5, 0.6) is 0 Å². The second-order valence-electron chi connectivity index (χ2n) is 22.5. The monoisotopic (exact) mass is 1150 g/mol. The van der Waals surface area contributed by atoms with Crippen molar-refractivity contribution in [2.75, 3.05) is 13.2 Å². The molecule has 1 fully saturated rings. The van der Waals surface area contributed by atoms with Crippen molar-refractivity contribution in [3.8, 4) is 0 Å². The van der Waals surface area contributed by atoms with Crippen molar-refractivity contribution in [1.29, 1.82) is 0 Å². The number of amides is 1. The van der Waals surface area contributed by atoms with Gasteiger partial charge in [0.1, 0.15) is 24.4 Å². The van der Waals surface area contributed by atoms with Gasteiger partial charge >= 0.3 is 0 Å². The molecule has 1 heterocycles. The van der Waals surface area contributed by atoms with E-state index < -0.39 is 49.5 Å². The Balaban J connectivity index is 2.15. The highest BCUT2D eigenvalue weighted by molar-refractivity contribution is 5.76. The second kappa shape index (κ2) is 61.2. The molecule has 1 aliphatic heterocycles. The molecule has 9 heteroatoms. The predicted molar refractivity (Wildman–Crippen MR) is 354 cm³/mol. The number of carbonyl (C=O) groups is 1. The molecule has 1 rings (SSSR count). The van der Waals surface area contributed by atoms with Gasteiger partial charge in [-0.3, -0.25) is 4.79 Å². The van der Waals surface area contributed by atoms with Crippen LogP contribution >= 0.6 is 0 Å². The molecule has 1 amide bonds. The number of ether oxygens (including phenoxy) is 2. The number of hydrogen-bond acceptors (Lipinski definition) is 8. The van der Waals surface area contributed by atoms with E-state index in [1.165, 1.54) is 128 Å². The van der Waals surface area contributed by atoms with Gasteiger partial charge < -0.3 is 40.3 Å². The van der Waals surface area contributed by atoms with E-state index in [1.54, 1.807) is 6.08 Å². The maximum Gasteiger partial charge on any atom is 0.220 e. The van der Waals surface area contributed by atoms with Gasteiger partial charge in [-0.2, -0.15) is 0 Å². The van der Waals surface area contributed by atoms with Gasteiger partial charge in [0.25, 0.3) is 0 Å². The van der Waals surface area contributed by atoms with Gasteiger partial charge in [0.2, 0.25) is 5.91 Å². The number of allylic oxidation sites excluding steroid dienone is 23. The Hall–Kier alpha value is -3.93. The third-order valence-electron chi connectivity index (χ3n) is 14.9. The summed E-state index contributed by atoms with van der Waals surface area (Å²) in [6.07, 6.45) is 87.9. The van der Waals surface area contributed by atoms with E-state index in [-0.39, 0.29) is 12.5 Å². The van der Waals surface area contributed by atoms with E-state index in [1.807, 2.05) is 6.08 Å². The molecule has 0 aromatic carbocycles. The Labute approximate surface area is 508 Å². The first-order valence-corrected chi connectivity index (χ1v) is 33.6. The number of nitrogens with one attached hydrogen (secondary N) is 1. The number of rotatable bonds is 56. The molecule has 6 N–H and O–H groups in total. The van der Waals surface area contributed by atoms with E-state index in [2.05, 4.69) is 153 Å². The largest absolute Gasteiger partial charge is 0.394 e. The minimum Gasteiger partial charge on any atom is -0.394 e. The molecule has 1 saturated heterocycles. The average Bonchev–Trinajstić information content (AvgIpc) is 3.61. The third-order valence-corrected chi connectivity index (χ3v) is 14.9. The number of unbranched alkanes of at least 4 members (excludes halogenated alkanes) is 24. The zero-order valence-electron chi connectivity index (χ0n) is 52.6. The highest BCUT2D eigenvalue weighted by Crippen LogP contribution is 2.23. The fraction of sp³-hybridized carbons (Fsp3) is 0.662. The Morgan fingerprint density at radius 1 is 0.422 bits per heavy atom. The molecule has 9 nitrogen and oxygen atoms in total. The average molecular weight is 1150 g/mol. The van der Waals surface area contributed by atoms with Gasteiger partial charge in [-0.1, -0.05) is 282 Å². The zero-order chi connectivity index (χ0) is 60.0. The normalized spacial score (nSPS) is 19.2. The van der Waals surface area contributed by atoms with E-state index in [0.717, 1.165) is 109 Å². The van der Waals surface area contributed by atoms with E-state index in [0.29, 0.717) is 6.42 Å². The molecule has 0 bridgehead atoms. The van der Waals surface area contributed by atoms with Crippen LogP contribution in [0, 0.1) is 0 Å². The van der Waals surface area contributed by atoms with Crippen LogP contribution in [0.25, 0.3) is 0 Å². The molecular weight excluding hydrogens is 1030 g/mol. The Kier molecular flexibility index (Phi) is 56.8. The summed E-state index contributed by atoms with van der Waals surface area (Å²) in [5.74, 6) is -0.197. The maximum absolute atomic E-state index is 13.1. The maximum atomic E-state index is 13.1. The lowest BCUT2D eigenvalue weighted by Crippen LogP contribution is -2.60. The summed E-state index contributed by atoms with van der Waals surface area (Å²) in [7, 11) is 0. The van der Waals surface area contributed by atoms with E-state index in [4.69, 9.17) is 9.47 Å². The van der Waals surface area contributed by atoms with Crippen molar-refractivity contribution in [3.05, 3.63) is 146 Å². The minimum atomic E-state index is -1.58. The first kappa shape index (κ1) is 77.1. The van der Waals surface area contributed by atoms with Crippen LogP contribution in [-0.4, -0.2) is 87.5 Å². The molecule has 0 aromatic heterocycles. The summed E-state index contributed by atoms with van der Waals surface area (Å²) in [6.45, 7) is 3.64. The minimum absolute atomic E-state index is 0.197. The predicted octanol–water partition coefficient (Wildman–Crippen LogP) is 18.2. The Morgan fingerprint density at radius 3 is 1.16 bits per heavy atom. The van der Waals surface area contributed by atoms with Crippen LogP contribution in [0.3, 0.4) is 0 Å². The van der Waals surface area contributed by atoms with E-state index >= 15 is 0 Å². The number of carbonyl (C=O) groups excluding carboxylic acids is 1. The van der Waals surface area contributed by atoms with Crippen molar-refractivity contribution >= 4 is 5.91 Å². The topological polar surface area (TPSA) is 149 Å². The summed E-state index contributed by atoms with van der Waals surface area (Å²) >= 11 is 0. The number of aliphatic hydroxyl groups is 5. The Morgan fingerprint density at radius 2 is 0.759 bits per heavy atom. The Bertz CT molecular complexity index is 1820. The van der Waals surface area contributed by atoms with E-state index in [9.17, 15) is 30.3 Å². The van der Waals surface area contributed by atoms with Gasteiger partial charge in [-0.25, -0.2) is 0 Å². The molecule has 1 aliphatic rings. The molecule has 0 saturated carbocycles. The second-order valence-corrected chi connectivity index (χ2v) is 22.5. The smallest absolute Gasteiger partial charge is 0.220 e. The third kappa shape index (κ3) is 50.0. The van der Waals surface area contributed by atoms with Gasteiger partial charge in [0.15, 0.2) is 6.29 Å². The number of hydrogen-bond donors (Lipinski definition) is 6. The summed E-state index contributed by atoms with van der Waals surface area (Å²) in [4.78, 5) is 13.1. The van der Waals surface area contributed by atoms with Crippen LogP contribution < -0.4 is 5.32 Å². The lowest BCUT2D eigenvalue weighted by Gasteiger charge is -2.40. The van der Waals surface area contributed by atoms with Gasteiger partial charge in [-0.05, 0) is 116 Å². The molecule has 83 heavy (non-hydrogen) atoms. The van der Waals surface area contributed by atoms with Crippen LogP contribution in [0.1, 0.15) is 258 Å². The van der Waals surface area contributed by atoms with Gasteiger partial charge in [0, 0.05) is 6.42 Å². The zero-order valence-corrected chi connectivity index (χ0v) is 52.6. The quantitative estimate of drug-likeness (QED) is 0.0261. The molecule has 7 unspecified atom stereocenters. The molecule has 7 atom stereocenters. The van der Waals surface area contributed by atoms with Crippen LogP contribution in [0.2, 0.25) is 0 Å². The van der Waals surface area contributed by atoms with Gasteiger partial charge in [-0.15, -0.1) is 0 Å². The molecule has 0 spiro atoms. The highest BCUT2D eigenvalue weighted by Gasteiger charge is 2.44. The van der Waals surface area contributed by atoms with Crippen LogP contribution in [0.4, 0.5) is 0 Å². The van der Waals surface area contributed by atoms with Gasteiger partial charge in [0.05, 0.1) is 25.4 Å². The van der Waals surface area contributed by atoms with Crippen molar-refractivity contribution in [2.24, 2.45) is 0 Å². The summed E-state index contributed by atoms with van der Waals surface area (Å²) < 4.78 is 11.3. The van der Waals surface area contributed by atoms with Crippen molar-refractivity contribution in [1.82, 2.24) is 5.32 Å². The number of aliphatic hydroxyl groups excluding tert-OH is 5. The molecule has 0 aliphatic carbocycles. The summed E-state index contributed by atoms with van der Waals surface area (Å²) in [6, 6.07) is -0.838. The first-order valence-electron chi connectivity index (χ1n) is 33.6. The fourth-order valence-electron chi connectivity index (χ4n) is 9.65. The lowest BCUT2D eigenvalue weighted by molar-refractivity contribution is -0.302. The lowest BCUT2D eigenvalue weighted by atomic mass is 9.99. The van der Waals surface area contributed by atoms with Crippen LogP contribution in [0.15, 0.2) is 146 Å². The summed E-state index contributed by atoms with van der Waals surface area (Å²) in [5.41, 5.74) is 0. The molecule has 0 radical (unpaired) electrons.